The highest BCUT2D eigenvalue weighted by Crippen LogP contribution is 2.31. The molecule has 100 valence electrons. The lowest BCUT2D eigenvalue weighted by molar-refractivity contribution is 0.293. The van der Waals surface area contributed by atoms with Crippen molar-refractivity contribution < 1.29 is 9.47 Å². The second-order valence-corrected chi connectivity index (χ2v) is 5.02. The van der Waals surface area contributed by atoms with Crippen LogP contribution in [-0.4, -0.2) is 12.1 Å². The Morgan fingerprint density at radius 1 is 1.37 bits per heavy atom. The summed E-state index contributed by atoms with van der Waals surface area (Å²) in [5.41, 5.74) is 8.42. The van der Waals surface area contributed by atoms with Crippen molar-refractivity contribution in [1.82, 2.24) is 4.98 Å². The number of nitrogen functional groups attached to an aromatic ring is 1. The molecule has 0 saturated carbocycles. The summed E-state index contributed by atoms with van der Waals surface area (Å²) in [6.07, 6.45) is 1.68. The van der Waals surface area contributed by atoms with Gasteiger partial charge in [0.15, 0.2) is 0 Å². The number of nitrogens with two attached hydrogens (primary N) is 1. The van der Waals surface area contributed by atoms with E-state index in [0.29, 0.717) is 23.9 Å². The lowest BCUT2D eigenvalue weighted by atomic mass is 10.2. The van der Waals surface area contributed by atoms with E-state index in [1.807, 2.05) is 31.2 Å². The van der Waals surface area contributed by atoms with Crippen molar-refractivity contribution in [2.45, 2.75) is 13.5 Å². The summed E-state index contributed by atoms with van der Waals surface area (Å²) in [7, 11) is 1.59. The Kier molecular flexibility index (Phi) is 4.27. The van der Waals surface area contributed by atoms with Crippen LogP contribution in [0.15, 0.2) is 34.9 Å². The zero-order valence-electron chi connectivity index (χ0n) is 10.8. The number of aryl methyl sites for hydroxylation is 1. The molecule has 0 radical (unpaired) electrons. The first kappa shape index (κ1) is 13.7. The first-order chi connectivity index (χ1) is 9.11. The third-order valence-electron chi connectivity index (χ3n) is 2.68. The van der Waals surface area contributed by atoms with Crippen LogP contribution in [0, 0.1) is 6.92 Å². The van der Waals surface area contributed by atoms with Gasteiger partial charge in [-0.3, -0.25) is 0 Å². The average Bonchev–Trinajstić information content (AvgIpc) is 2.38. The monoisotopic (exact) mass is 322 g/mol. The molecule has 0 unspecified atom stereocenters. The van der Waals surface area contributed by atoms with E-state index in [4.69, 9.17) is 15.2 Å². The minimum Gasteiger partial charge on any atom is -0.486 e. The van der Waals surface area contributed by atoms with Crippen LogP contribution in [0.1, 0.15) is 11.1 Å². The second kappa shape index (κ2) is 5.93. The van der Waals surface area contributed by atoms with Crippen LogP contribution >= 0.6 is 15.9 Å². The van der Waals surface area contributed by atoms with E-state index in [1.165, 1.54) is 0 Å². The second-order valence-electron chi connectivity index (χ2n) is 4.10. The van der Waals surface area contributed by atoms with E-state index in [0.717, 1.165) is 15.6 Å². The van der Waals surface area contributed by atoms with Gasteiger partial charge in [-0.15, -0.1) is 0 Å². The van der Waals surface area contributed by atoms with Crippen molar-refractivity contribution in [3.05, 3.63) is 46.1 Å². The predicted molar refractivity (Wildman–Crippen MR) is 78.4 cm³/mol. The van der Waals surface area contributed by atoms with Crippen LogP contribution < -0.4 is 15.2 Å². The Labute approximate surface area is 120 Å². The normalized spacial score (nSPS) is 10.3. The molecule has 4 nitrogen and oxygen atoms in total. The highest BCUT2D eigenvalue weighted by molar-refractivity contribution is 9.10. The third kappa shape index (κ3) is 3.17. The summed E-state index contributed by atoms with van der Waals surface area (Å²) >= 11 is 3.40. The van der Waals surface area contributed by atoms with E-state index in [1.54, 1.807) is 13.3 Å². The van der Waals surface area contributed by atoms with Gasteiger partial charge in [-0.25, -0.2) is 4.98 Å². The fourth-order valence-corrected chi connectivity index (χ4v) is 2.41. The molecule has 0 atom stereocenters. The lowest BCUT2D eigenvalue weighted by Crippen LogP contribution is -2.03. The van der Waals surface area contributed by atoms with Gasteiger partial charge in [-0.1, -0.05) is 15.9 Å². The number of methoxy groups -OCH3 is 1. The number of pyridine rings is 1. The smallest absolute Gasteiger partial charge is 0.219 e. The molecule has 0 aliphatic carbocycles. The number of aromatic nitrogens is 1. The molecule has 2 rings (SSSR count). The molecule has 0 saturated heterocycles. The van der Waals surface area contributed by atoms with Gasteiger partial charge in [0.25, 0.3) is 0 Å². The molecule has 1 aromatic carbocycles. The predicted octanol–water partition coefficient (Wildman–Crippen LogP) is 3.32. The third-order valence-corrected chi connectivity index (χ3v) is 3.14. The molecule has 5 heteroatoms. The molecule has 0 aliphatic heterocycles. The number of nitrogens with zero attached hydrogens (tertiary/aromatic N) is 1. The van der Waals surface area contributed by atoms with E-state index in [-0.39, 0.29) is 0 Å². The maximum absolute atomic E-state index is 5.96. The van der Waals surface area contributed by atoms with Gasteiger partial charge in [-0.2, -0.15) is 0 Å². The molecule has 1 aromatic heterocycles. The molecule has 2 aromatic rings. The average molecular weight is 323 g/mol. The van der Waals surface area contributed by atoms with E-state index in [2.05, 4.69) is 20.9 Å². The Bertz CT molecular complexity index is 564. The molecule has 0 aliphatic rings. The van der Waals surface area contributed by atoms with E-state index >= 15 is 0 Å². The Morgan fingerprint density at radius 2 is 2.16 bits per heavy atom. The van der Waals surface area contributed by atoms with Crippen LogP contribution in [0.25, 0.3) is 0 Å². The summed E-state index contributed by atoms with van der Waals surface area (Å²) < 4.78 is 11.9. The van der Waals surface area contributed by atoms with Crippen molar-refractivity contribution in [1.29, 1.82) is 0 Å². The summed E-state index contributed by atoms with van der Waals surface area (Å²) in [5, 5.41) is 0. The summed E-state index contributed by atoms with van der Waals surface area (Å²) in [6, 6.07) is 7.55. The van der Waals surface area contributed by atoms with Crippen molar-refractivity contribution in [2.24, 2.45) is 0 Å². The number of hydrogen-bond donors (Lipinski definition) is 1. The van der Waals surface area contributed by atoms with Gasteiger partial charge in [-0.05, 0) is 36.8 Å². The minimum atomic E-state index is 0.365. The van der Waals surface area contributed by atoms with Gasteiger partial charge in [0.05, 0.1) is 18.4 Å². The van der Waals surface area contributed by atoms with Crippen LogP contribution in [0.2, 0.25) is 0 Å². The molecule has 2 N–H and O–H groups in total. The van der Waals surface area contributed by atoms with Gasteiger partial charge >= 0.3 is 0 Å². The summed E-state index contributed by atoms with van der Waals surface area (Å²) in [6.45, 7) is 2.32. The van der Waals surface area contributed by atoms with Crippen LogP contribution in [0.3, 0.4) is 0 Å². The summed E-state index contributed by atoms with van der Waals surface area (Å²) in [4.78, 5) is 4.13. The SMILES string of the molecule is COc1ncccc1COc1c(C)cc(Br)cc1N. The number of halogens is 1. The summed E-state index contributed by atoms with van der Waals surface area (Å²) in [5.74, 6) is 1.25. The zero-order valence-corrected chi connectivity index (χ0v) is 12.4. The highest BCUT2D eigenvalue weighted by Gasteiger charge is 2.09. The van der Waals surface area contributed by atoms with Gasteiger partial charge in [0.2, 0.25) is 5.88 Å². The zero-order chi connectivity index (χ0) is 13.8. The molecule has 19 heavy (non-hydrogen) atoms. The molecular weight excluding hydrogens is 308 g/mol. The van der Waals surface area contributed by atoms with Crippen molar-refractivity contribution in [3.63, 3.8) is 0 Å². The van der Waals surface area contributed by atoms with Gasteiger partial charge < -0.3 is 15.2 Å². The number of ether oxygens (including phenoxy) is 2. The fourth-order valence-electron chi connectivity index (χ4n) is 1.82. The number of rotatable bonds is 4. The highest BCUT2D eigenvalue weighted by atomic mass is 79.9. The molecule has 0 bridgehead atoms. The van der Waals surface area contributed by atoms with Crippen LogP contribution in [-0.2, 0) is 6.61 Å². The molecule has 1 heterocycles. The van der Waals surface area contributed by atoms with E-state index < -0.39 is 0 Å². The maximum Gasteiger partial charge on any atom is 0.219 e. The van der Waals surface area contributed by atoms with Crippen molar-refractivity contribution in [2.75, 3.05) is 12.8 Å². The Balaban J connectivity index is 2.19. The number of hydrogen-bond acceptors (Lipinski definition) is 4. The molecule has 0 spiro atoms. The maximum atomic E-state index is 5.96. The molecule has 0 fully saturated rings. The van der Waals surface area contributed by atoms with Crippen LogP contribution in [0.5, 0.6) is 11.6 Å². The topological polar surface area (TPSA) is 57.4 Å². The lowest BCUT2D eigenvalue weighted by Gasteiger charge is -2.13. The Morgan fingerprint density at radius 3 is 2.84 bits per heavy atom. The Hall–Kier alpha value is -1.75. The van der Waals surface area contributed by atoms with Crippen molar-refractivity contribution >= 4 is 21.6 Å². The standard InChI is InChI=1S/C14H15BrN2O2/c1-9-6-11(15)7-12(16)13(9)19-8-10-4-3-5-17-14(10)18-2/h3-7H,8,16H2,1-2H3. The first-order valence-electron chi connectivity index (χ1n) is 5.78. The van der Waals surface area contributed by atoms with Gasteiger partial charge in [0, 0.05) is 10.7 Å². The van der Waals surface area contributed by atoms with Crippen LogP contribution in [0.4, 0.5) is 5.69 Å². The molecular formula is C14H15BrN2O2. The minimum absolute atomic E-state index is 0.365. The molecule has 0 amide bonds. The number of benzene rings is 1. The number of anilines is 1. The van der Waals surface area contributed by atoms with Crippen molar-refractivity contribution in [3.8, 4) is 11.6 Å². The quantitative estimate of drug-likeness (QED) is 0.877. The van der Waals surface area contributed by atoms with E-state index in [9.17, 15) is 0 Å². The fraction of sp³-hybridized carbons (Fsp3) is 0.214. The first-order valence-corrected chi connectivity index (χ1v) is 6.57. The largest absolute Gasteiger partial charge is 0.486 e. The van der Waals surface area contributed by atoms with Gasteiger partial charge in [0.1, 0.15) is 12.4 Å².